The van der Waals surface area contributed by atoms with Gasteiger partial charge in [0.15, 0.2) is 5.78 Å². The second-order valence-electron chi connectivity index (χ2n) is 9.39. The minimum atomic E-state index is -0.690. The van der Waals surface area contributed by atoms with E-state index in [0.29, 0.717) is 21.8 Å². The molecule has 36 heavy (non-hydrogen) atoms. The van der Waals surface area contributed by atoms with Crippen molar-refractivity contribution in [2.45, 2.75) is 53.1 Å². The van der Waals surface area contributed by atoms with Gasteiger partial charge in [-0.25, -0.2) is 4.79 Å². The summed E-state index contributed by atoms with van der Waals surface area (Å²) in [4.78, 5) is 42.3. The molecular formula is C28H30ClN3O4. The van der Waals surface area contributed by atoms with Crippen LogP contribution >= 0.6 is 11.6 Å². The number of benzene rings is 2. The third kappa shape index (κ3) is 7.39. The highest BCUT2D eigenvalue weighted by Crippen LogP contribution is 2.30. The molecule has 7 nitrogen and oxygen atoms in total. The first-order valence-electron chi connectivity index (χ1n) is 11.6. The van der Waals surface area contributed by atoms with Gasteiger partial charge in [-0.2, -0.15) is 0 Å². The van der Waals surface area contributed by atoms with Crippen molar-refractivity contribution in [3.8, 4) is 11.1 Å². The van der Waals surface area contributed by atoms with Crippen molar-refractivity contribution in [1.82, 2.24) is 4.98 Å². The maximum absolute atomic E-state index is 12.9. The fourth-order valence-electron chi connectivity index (χ4n) is 3.42. The predicted molar refractivity (Wildman–Crippen MR) is 143 cm³/mol. The summed E-state index contributed by atoms with van der Waals surface area (Å²) in [6.07, 6.45) is 1.56. The van der Waals surface area contributed by atoms with Crippen molar-refractivity contribution in [3.05, 3.63) is 76.6 Å². The molecule has 0 atom stereocenters. The Morgan fingerprint density at radius 1 is 0.972 bits per heavy atom. The first-order chi connectivity index (χ1) is 16.9. The Morgan fingerprint density at radius 2 is 1.69 bits per heavy atom. The van der Waals surface area contributed by atoms with Gasteiger partial charge in [0.2, 0.25) is 5.91 Å². The number of ether oxygens (including phenoxy) is 1. The molecule has 2 amide bonds. The number of rotatable bonds is 7. The number of carbonyl (C=O) groups is 3. The molecule has 0 spiro atoms. The molecule has 0 saturated heterocycles. The molecule has 2 aromatic carbocycles. The van der Waals surface area contributed by atoms with E-state index in [2.05, 4.69) is 15.6 Å². The molecule has 3 rings (SSSR count). The van der Waals surface area contributed by atoms with E-state index in [4.69, 9.17) is 16.3 Å². The van der Waals surface area contributed by atoms with E-state index >= 15 is 0 Å². The molecule has 2 N–H and O–H groups in total. The van der Waals surface area contributed by atoms with E-state index < -0.39 is 17.6 Å². The third-order valence-electron chi connectivity index (χ3n) is 5.23. The van der Waals surface area contributed by atoms with E-state index in [0.717, 1.165) is 23.2 Å². The topological polar surface area (TPSA) is 97.4 Å². The van der Waals surface area contributed by atoms with Crippen molar-refractivity contribution in [3.63, 3.8) is 0 Å². The van der Waals surface area contributed by atoms with Gasteiger partial charge in [-0.15, -0.1) is 0 Å². The molecule has 0 saturated carbocycles. The van der Waals surface area contributed by atoms with Crippen LogP contribution in [0.4, 0.5) is 16.2 Å². The number of aromatic nitrogens is 1. The molecule has 0 radical (unpaired) electrons. The Hall–Kier alpha value is -3.71. The smallest absolute Gasteiger partial charge is 0.412 e. The van der Waals surface area contributed by atoms with Gasteiger partial charge in [0.1, 0.15) is 5.60 Å². The minimum absolute atomic E-state index is 0.269. The monoisotopic (exact) mass is 507 g/mol. The summed E-state index contributed by atoms with van der Waals surface area (Å²) in [5.41, 5.74) is 3.72. The van der Waals surface area contributed by atoms with Gasteiger partial charge in [-0.05, 0) is 69.5 Å². The maximum Gasteiger partial charge on any atom is 0.412 e. The second kappa shape index (κ2) is 11.4. The maximum atomic E-state index is 12.9. The highest BCUT2D eigenvalue weighted by molar-refractivity contribution is 6.32. The summed E-state index contributed by atoms with van der Waals surface area (Å²) < 4.78 is 5.30. The van der Waals surface area contributed by atoms with Crippen LogP contribution in [-0.2, 0) is 16.0 Å². The average molecular weight is 508 g/mol. The van der Waals surface area contributed by atoms with Gasteiger partial charge >= 0.3 is 6.09 Å². The van der Waals surface area contributed by atoms with E-state index in [1.54, 1.807) is 58.2 Å². The molecule has 0 aliphatic heterocycles. The number of hydrogen-bond acceptors (Lipinski definition) is 5. The van der Waals surface area contributed by atoms with Crippen LogP contribution in [0.5, 0.6) is 0 Å². The number of halogens is 1. The molecule has 188 valence electrons. The van der Waals surface area contributed by atoms with Crippen LogP contribution in [-0.4, -0.2) is 28.4 Å². The molecule has 0 unspecified atom stereocenters. The van der Waals surface area contributed by atoms with E-state index in [1.807, 2.05) is 25.1 Å². The Balaban J connectivity index is 1.73. The van der Waals surface area contributed by atoms with Crippen molar-refractivity contribution >= 4 is 40.8 Å². The van der Waals surface area contributed by atoms with Crippen LogP contribution in [0.25, 0.3) is 11.1 Å². The quantitative estimate of drug-likeness (QED) is 0.270. The molecule has 1 aromatic heterocycles. The van der Waals surface area contributed by atoms with Gasteiger partial charge in [0, 0.05) is 28.0 Å². The number of aryl methyl sites for hydroxylation is 2. The van der Waals surface area contributed by atoms with Gasteiger partial charge in [0.05, 0.1) is 17.8 Å². The van der Waals surface area contributed by atoms with Crippen molar-refractivity contribution in [2.75, 3.05) is 10.6 Å². The van der Waals surface area contributed by atoms with Crippen LogP contribution in [0.3, 0.4) is 0 Å². The lowest BCUT2D eigenvalue weighted by molar-refractivity contribution is -0.115. The van der Waals surface area contributed by atoms with Gasteiger partial charge in [0.25, 0.3) is 0 Å². The molecule has 3 aromatic rings. The second-order valence-corrected chi connectivity index (χ2v) is 9.80. The Kier molecular flexibility index (Phi) is 8.48. The molecule has 8 heteroatoms. The number of amides is 2. The number of nitrogens with one attached hydrogen (secondary N) is 2. The zero-order chi connectivity index (χ0) is 26.5. The fourth-order valence-corrected chi connectivity index (χ4v) is 3.58. The Labute approximate surface area is 216 Å². The molecule has 0 aliphatic carbocycles. The van der Waals surface area contributed by atoms with Crippen molar-refractivity contribution in [2.24, 2.45) is 0 Å². The standard InChI is InChI=1S/C28H30ClN3O4/c1-6-21-11-10-20(16-30-21)18-8-7-9-19(13-18)25(33)15-26(34)31-24-14-22(29)17(2)12-23(24)32-27(35)36-28(3,4)5/h7-14,16H,6,15H2,1-5H3,(H,31,34)(H,32,35). The summed E-state index contributed by atoms with van der Waals surface area (Å²) in [5, 5.41) is 5.72. The van der Waals surface area contributed by atoms with Gasteiger partial charge in [-0.1, -0.05) is 42.8 Å². The number of hydrogen-bond donors (Lipinski definition) is 2. The number of Topliss-reactive ketones (excluding diaryl/α,β-unsaturated/α-hetero) is 1. The average Bonchev–Trinajstić information content (AvgIpc) is 2.81. The summed E-state index contributed by atoms with van der Waals surface area (Å²) in [7, 11) is 0. The van der Waals surface area contributed by atoms with Crippen LogP contribution in [0, 0.1) is 6.92 Å². The van der Waals surface area contributed by atoms with Crippen LogP contribution in [0.1, 0.15) is 55.7 Å². The normalized spacial score (nSPS) is 11.1. The van der Waals surface area contributed by atoms with E-state index in [-0.39, 0.29) is 17.9 Å². The number of pyridine rings is 1. The van der Waals surface area contributed by atoms with Crippen molar-refractivity contribution in [1.29, 1.82) is 0 Å². The fraction of sp³-hybridized carbons (Fsp3) is 0.286. The van der Waals surface area contributed by atoms with Gasteiger partial charge in [-0.3, -0.25) is 19.9 Å². The lowest BCUT2D eigenvalue weighted by atomic mass is 10.0. The summed E-state index contributed by atoms with van der Waals surface area (Å²) in [5.74, 6) is -0.876. The van der Waals surface area contributed by atoms with E-state index in [9.17, 15) is 14.4 Å². The SMILES string of the molecule is CCc1ccc(-c2cccc(C(=O)CC(=O)Nc3cc(Cl)c(C)cc3NC(=O)OC(C)(C)C)c2)cn1. The lowest BCUT2D eigenvalue weighted by Gasteiger charge is -2.21. The molecule has 1 heterocycles. The zero-order valence-electron chi connectivity index (χ0n) is 21.1. The third-order valence-corrected chi connectivity index (χ3v) is 5.64. The highest BCUT2D eigenvalue weighted by Gasteiger charge is 2.20. The van der Waals surface area contributed by atoms with Crippen LogP contribution in [0.15, 0.2) is 54.7 Å². The largest absolute Gasteiger partial charge is 0.444 e. The van der Waals surface area contributed by atoms with Crippen molar-refractivity contribution < 1.29 is 19.1 Å². The Bertz CT molecular complexity index is 1280. The number of ketones is 1. The molecule has 0 aliphatic rings. The van der Waals surface area contributed by atoms with E-state index in [1.165, 1.54) is 6.07 Å². The molecular weight excluding hydrogens is 478 g/mol. The molecule has 0 bridgehead atoms. The van der Waals surface area contributed by atoms with Crippen LogP contribution in [0.2, 0.25) is 5.02 Å². The minimum Gasteiger partial charge on any atom is -0.444 e. The van der Waals surface area contributed by atoms with Crippen LogP contribution < -0.4 is 10.6 Å². The zero-order valence-corrected chi connectivity index (χ0v) is 21.8. The Morgan fingerprint density at radius 3 is 2.33 bits per heavy atom. The number of carbonyl (C=O) groups excluding carboxylic acids is 3. The first-order valence-corrected chi connectivity index (χ1v) is 12.0. The lowest BCUT2D eigenvalue weighted by Crippen LogP contribution is -2.27. The highest BCUT2D eigenvalue weighted by atomic mass is 35.5. The number of anilines is 2. The summed E-state index contributed by atoms with van der Waals surface area (Å²) in [6.45, 7) is 9.06. The predicted octanol–water partition coefficient (Wildman–Crippen LogP) is 6.83. The summed E-state index contributed by atoms with van der Waals surface area (Å²) >= 11 is 6.24. The summed E-state index contributed by atoms with van der Waals surface area (Å²) in [6, 6.07) is 14.2. The van der Waals surface area contributed by atoms with Gasteiger partial charge < -0.3 is 10.1 Å². The number of nitrogens with zero attached hydrogens (tertiary/aromatic N) is 1. The first kappa shape index (κ1) is 26.9. The molecule has 0 fully saturated rings.